The largest absolute Gasteiger partial charge is 0.495 e. The Bertz CT molecular complexity index is 672. The summed E-state index contributed by atoms with van der Waals surface area (Å²) in [6.45, 7) is 6.24. The number of hydrogen-bond acceptors (Lipinski definition) is 4. The topological polar surface area (TPSA) is 44.8 Å². The van der Waals surface area contributed by atoms with E-state index in [-0.39, 0.29) is 0 Å². The number of unbranched alkanes of at least 4 members (excludes halogenated alkanes) is 1. The second kappa shape index (κ2) is 9.84. The van der Waals surface area contributed by atoms with Crippen LogP contribution in [0.2, 0.25) is 0 Å². The van der Waals surface area contributed by atoms with Crippen LogP contribution in [-0.4, -0.2) is 57.2 Å². The molecule has 5 nitrogen and oxygen atoms in total. The van der Waals surface area contributed by atoms with E-state index in [4.69, 9.17) is 4.74 Å². The Kier molecular flexibility index (Phi) is 6.96. The molecule has 2 aliphatic carbocycles. The maximum absolute atomic E-state index is 12.5. The molecule has 3 atom stereocenters. The molecular formula is C24H37N3O2. The predicted octanol–water partition coefficient (Wildman–Crippen LogP) is 3.54. The number of carbonyl (C=O) groups is 1. The summed E-state index contributed by atoms with van der Waals surface area (Å²) in [6.07, 6.45) is 8.62. The van der Waals surface area contributed by atoms with Crippen molar-refractivity contribution in [3.63, 3.8) is 0 Å². The van der Waals surface area contributed by atoms with Crippen LogP contribution in [0.3, 0.4) is 0 Å². The number of rotatable bonds is 8. The monoisotopic (exact) mass is 399 g/mol. The minimum Gasteiger partial charge on any atom is -0.495 e. The van der Waals surface area contributed by atoms with E-state index in [0.29, 0.717) is 17.7 Å². The summed E-state index contributed by atoms with van der Waals surface area (Å²) >= 11 is 0. The number of methoxy groups -OCH3 is 1. The molecule has 0 bridgehead atoms. The number of ether oxygens (including phenoxy) is 1. The van der Waals surface area contributed by atoms with Crippen LogP contribution in [0.5, 0.6) is 5.75 Å². The average Bonchev–Trinajstić information content (AvgIpc) is 3.38. The molecule has 160 valence electrons. The molecular weight excluding hydrogens is 362 g/mol. The van der Waals surface area contributed by atoms with Crippen LogP contribution in [0.25, 0.3) is 0 Å². The fraction of sp³-hybridized carbons (Fsp3) is 0.708. The number of nitrogens with zero attached hydrogens (tertiary/aromatic N) is 2. The summed E-state index contributed by atoms with van der Waals surface area (Å²) in [6, 6.07) is 8.29. The number of amides is 1. The Morgan fingerprint density at radius 1 is 1.07 bits per heavy atom. The van der Waals surface area contributed by atoms with Crippen molar-refractivity contribution < 1.29 is 9.53 Å². The molecule has 1 saturated heterocycles. The van der Waals surface area contributed by atoms with Gasteiger partial charge in [-0.1, -0.05) is 25.0 Å². The lowest BCUT2D eigenvalue weighted by Gasteiger charge is -2.36. The Hall–Kier alpha value is -1.75. The maximum atomic E-state index is 12.5. The summed E-state index contributed by atoms with van der Waals surface area (Å²) in [5.74, 6) is 3.15. The molecule has 1 amide bonds. The van der Waals surface area contributed by atoms with Crippen molar-refractivity contribution in [1.82, 2.24) is 10.2 Å². The zero-order valence-electron chi connectivity index (χ0n) is 17.9. The molecule has 3 fully saturated rings. The lowest BCUT2D eigenvalue weighted by Crippen LogP contribution is -2.46. The van der Waals surface area contributed by atoms with E-state index in [1.54, 1.807) is 7.11 Å². The molecule has 0 aromatic heterocycles. The summed E-state index contributed by atoms with van der Waals surface area (Å²) in [5.41, 5.74) is 1.20. The van der Waals surface area contributed by atoms with Gasteiger partial charge >= 0.3 is 0 Å². The number of benzene rings is 1. The summed E-state index contributed by atoms with van der Waals surface area (Å²) < 4.78 is 5.51. The first-order chi connectivity index (χ1) is 14.3. The summed E-state index contributed by atoms with van der Waals surface area (Å²) in [5, 5.41) is 3.24. The number of anilines is 1. The Morgan fingerprint density at radius 2 is 1.90 bits per heavy atom. The van der Waals surface area contributed by atoms with Crippen molar-refractivity contribution in [2.75, 3.05) is 51.3 Å². The second-order valence-electron chi connectivity index (χ2n) is 9.04. The number of carbonyl (C=O) groups excluding carboxylic acids is 1. The molecule has 2 saturated carbocycles. The second-order valence-corrected chi connectivity index (χ2v) is 9.04. The van der Waals surface area contributed by atoms with Gasteiger partial charge in [0.25, 0.3) is 0 Å². The third-order valence-electron chi connectivity index (χ3n) is 7.42. The number of nitrogens with one attached hydrogen (secondary N) is 1. The quantitative estimate of drug-likeness (QED) is 0.679. The molecule has 0 radical (unpaired) electrons. The maximum Gasteiger partial charge on any atom is 0.223 e. The molecule has 1 N–H and O–H groups in total. The van der Waals surface area contributed by atoms with Crippen molar-refractivity contribution in [1.29, 1.82) is 0 Å². The lowest BCUT2D eigenvalue weighted by atomic mass is 9.91. The first-order valence-electron chi connectivity index (χ1n) is 11.6. The van der Waals surface area contributed by atoms with Crippen molar-refractivity contribution in [3.8, 4) is 5.75 Å². The van der Waals surface area contributed by atoms with Crippen LogP contribution in [0.1, 0.15) is 44.9 Å². The highest BCUT2D eigenvalue weighted by atomic mass is 16.5. The van der Waals surface area contributed by atoms with Crippen molar-refractivity contribution in [2.24, 2.45) is 17.8 Å². The van der Waals surface area contributed by atoms with Gasteiger partial charge in [0.15, 0.2) is 0 Å². The SMILES string of the molecule is COc1ccccc1N1CCN(CCCCNC(=O)C2CC[C@H]3CCC[C@@H]23)CC1. The van der Waals surface area contributed by atoms with E-state index < -0.39 is 0 Å². The minimum atomic E-state index is 0.311. The molecule has 29 heavy (non-hydrogen) atoms. The van der Waals surface area contributed by atoms with Crippen LogP contribution in [0.4, 0.5) is 5.69 Å². The third kappa shape index (κ3) is 4.88. The molecule has 1 unspecified atom stereocenters. The Labute approximate surface area is 175 Å². The van der Waals surface area contributed by atoms with Gasteiger partial charge in [0.2, 0.25) is 5.91 Å². The van der Waals surface area contributed by atoms with Gasteiger partial charge in [-0.3, -0.25) is 9.69 Å². The zero-order valence-corrected chi connectivity index (χ0v) is 17.9. The van der Waals surface area contributed by atoms with Gasteiger partial charge < -0.3 is 15.0 Å². The van der Waals surface area contributed by atoms with E-state index in [9.17, 15) is 4.79 Å². The highest BCUT2D eigenvalue weighted by molar-refractivity contribution is 5.79. The molecule has 1 heterocycles. The standard InChI is InChI=1S/C24H37N3O2/c1-29-23-10-3-2-9-22(23)27-17-15-26(16-18-27)14-5-4-13-25-24(28)21-12-11-19-7-6-8-20(19)21/h2-3,9-10,19-21H,4-8,11-18H2,1H3,(H,25,28)/t19-,20-,21?/m1/s1. The highest BCUT2D eigenvalue weighted by Gasteiger charge is 2.42. The molecule has 1 aromatic rings. The fourth-order valence-electron chi connectivity index (χ4n) is 5.79. The minimum absolute atomic E-state index is 0.311. The zero-order chi connectivity index (χ0) is 20.1. The first kappa shape index (κ1) is 20.5. The van der Waals surface area contributed by atoms with Gasteiger partial charge in [0, 0.05) is 38.6 Å². The highest BCUT2D eigenvalue weighted by Crippen LogP contribution is 2.47. The predicted molar refractivity (Wildman–Crippen MR) is 117 cm³/mol. The van der Waals surface area contributed by atoms with Crippen LogP contribution in [0.15, 0.2) is 24.3 Å². The molecule has 3 aliphatic rings. The van der Waals surface area contributed by atoms with Crippen molar-refractivity contribution in [3.05, 3.63) is 24.3 Å². The fourth-order valence-corrected chi connectivity index (χ4v) is 5.79. The lowest BCUT2D eigenvalue weighted by molar-refractivity contribution is -0.126. The van der Waals surface area contributed by atoms with Crippen molar-refractivity contribution in [2.45, 2.75) is 44.9 Å². The molecule has 4 rings (SSSR count). The van der Waals surface area contributed by atoms with Crippen LogP contribution in [-0.2, 0) is 4.79 Å². The van der Waals surface area contributed by atoms with E-state index in [0.717, 1.165) is 70.2 Å². The number of piperazine rings is 1. The molecule has 5 heteroatoms. The van der Waals surface area contributed by atoms with Gasteiger partial charge in [-0.25, -0.2) is 0 Å². The van der Waals surface area contributed by atoms with E-state index in [1.165, 1.54) is 31.4 Å². The van der Waals surface area contributed by atoms with Crippen LogP contribution >= 0.6 is 0 Å². The van der Waals surface area contributed by atoms with Gasteiger partial charge in [0.05, 0.1) is 12.8 Å². The van der Waals surface area contributed by atoms with Gasteiger partial charge in [-0.2, -0.15) is 0 Å². The van der Waals surface area contributed by atoms with Gasteiger partial charge in [-0.05, 0) is 62.6 Å². The Morgan fingerprint density at radius 3 is 2.72 bits per heavy atom. The van der Waals surface area contributed by atoms with E-state index >= 15 is 0 Å². The van der Waals surface area contributed by atoms with Gasteiger partial charge in [-0.15, -0.1) is 0 Å². The molecule has 0 spiro atoms. The summed E-state index contributed by atoms with van der Waals surface area (Å²) in [7, 11) is 1.74. The third-order valence-corrected chi connectivity index (χ3v) is 7.42. The normalized spacial score (nSPS) is 27.1. The summed E-state index contributed by atoms with van der Waals surface area (Å²) in [4.78, 5) is 17.5. The first-order valence-corrected chi connectivity index (χ1v) is 11.6. The van der Waals surface area contributed by atoms with Gasteiger partial charge in [0.1, 0.15) is 5.75 Å². The molecule has 1 aromatic carbocycles. The van der Waals surface area contributed by atoms with E-state index in [1.807, 2.05) is 12.1 Å². The van der Waals surface area contributed by atoms with Crippen LogP contribution in [0, 0.1) is 17.8 Å². The number of para-hydroxylation sites is 2. The smallest absolute Gasteiger partial charge is 0.223 e. The number of hydrogen-bond donors (Lipinski definition) is 1. The Balaban J connectivity index is 1.11. The average molecular weight is 400 g/mol. The van der Waals surface area contributed by atoms with Crippen LogP contribution < -0.4 is 15.0 Å². The van der Waals surface area contributed by atoms with E-state index in [2.05, 4.69) is 27.2 Å². The van der Waals surface area contributed by atoms with Crippen molar-refractivity contribution >= 4 is 11.6 Å². The number of fused-ring (bicyclic) bond motifs is 1. The molecule has 1 aliphatic heterocycles.